The number of piperidine rings is 1. The van der Waals surface area contributed by atoms with E-state index in [1.807, 2.05) is 4.90 Å². The second-order valence-corrected chi connectivity index (χ2v) is 8.10. The molecule has 1 aliphatic heterocycles. The Balaban J connectivity index is 1.36. The number of nitrogens with zero attached hydrogens (tertiary/aromatic N) is 2. The van der Waals surface area contributed by atoms with E-state index in [0.717, 1.165) is 12.3 Å². The van der Waals surface area contributed by atoms with Crippen LogP contribution in [0.4, 0.5) is 19.0 Å². The third-order valence-electron chi connectivity index (χ3n) is 4.96. The lowest BCUT2D eigenvalue weighted by atomic mass is 10.0. The van der Waals surface area contributed by atoms with Gasteiger partial charge in [0.15, 0.2) is 0 Å². The second kappa shape index (κ2) is 10.4. The number of hydrogen-bond donors (Lipinski definition) is 1. The first-order valence-corrected chi connectivity index (χ1v) is 10.6. The Kier molecular flexibility index (Phi) is 7.89. The number of nitrogens with one attached hydrogen (secondary N) is 1. The average Bonchev–Trinajstić information content (AvgIpc) is 2.72. The lowest BCUT2D eigenvalue weighted by Gasteiger charge is -2.33. The highest BCUT2D eigenvalue weighted by Gasteiger charge is 2.31. The van der Waals surface area contributed by atoms with Crippen LogP contribution >= 0.6 is 23.2 Å². The average molecular weight is 476 g/mol. The Hall–Kier alpha value is -2.19. The maximum atomic E-state index is 12.7. The summed E-state index contributed by atoms with van der Waals surface area (Å²) in [5.41, 5.74) is -0.763. The minimum Gasteiger partial charge on any atom is -0.492 e. The van der Waals surface area contributed by atoms with Crippen molar-refractivity contribution in [3.05, 3.63) is 52.1 Å². The molecule has 5 nitrogen and oxygen atoms in total. The largest absolute Gasteiger partial charge is 0.492 e. The third-order valence-corrected chi connectivity index (χ3v) is 5.49. The van der Waals surface area contributed by atoms with Crippen LogP contribution < -0.4 is 15.0 Å². The Morgan fingerprint density at radius 2 is 1.94 bits per heavy atom. The molecule has 1 saturated heterocycles. The molecule has 0 aliphatic carbocycles. The van der Waals surface area contributed by atoms with Crippen LogP contribution in [0, 0.1) is 0 Å². The summed E-state index contributed by atoms with van der Waals surface area (Å²) in [5.74, 6) is 0.975. The molecular formula is C21H22Cl2F3N3O2. The number of anilines is 1. The standard InChI is InChI=1S/C21H22Cl2F3N3O2/c22-15-4-5-18(17(23)12-15)31-11-1-2-20(30)28-16-7-9-29(10-8-16)19-6-3-14(13-27-19)21(24,25)26/h3-6,12-13,16H,1-2,7-11H2,(H,28,30). The Morgan fingerprint density at radius 1 is 1.19 bits per heavy atom. The molecule has 31 heavy (non-hydrogen) atoms. The van der Waals surface area contributed by atoms with Gasteiger partial charge >= 0.3 is 6.18 Å². The van der Waals surface area contributed by atoms with Crippen molar-refractivity contribution in [3.8, 4) is 5.75 Å². The molecule has 2 aromatic rings. The smallest absolute Gasteiger partial charge is 0.417 e. The molecular weight excluding hydrogens is 454 g/mol. The van der Waals surface area contributed by atoms with Gasteiger partial charge in [0.05, 0.1) is 17.2 Å². The summed E-state index contributed by atoms with van der Waals surface area (Å²) in [4.78, 5) is 18.0. The van der Waals surface area contributed by atoms with Gasteiger partial charge in [0.1, 0.15) is 11.6 Å². The molecule has 1 aliphatic rings. The predicted octanol–water partition coefficient (Wildman–Crippen LogP) is 5.35. The van der Waals surface area contributed by atoms with E-state index in [4.69, 9.17) is 27.9 Å². The third kappa shape index (κ3) is 6.90. The van der Waals surface area contributed by atoms with E-state index in [0.29, 0.717) is 67.0 Å². The number of alkyl halides is 3. The van der Waals surface area contributed by atoms with Crippen molar-refractivity contribution in [2.45, 2.75) is 37.9 Å². The summed E-state index contributed by atoms with van der Waals surface area (Å²) in [6.07, 6.45) is -1.28. The van der Waals surface area contributed by atoms with Crippen LogP contribution in [0.5, 0.6) is 5.75 Å². The van der Waals surface area contributed by atoms with Gasteiger partial charge in [0.25, 0.3) is 0 Å². The molecule has 0 radical (unpaired) electrons. The fourth-order valence-corrected chi connectivity index (χ4v) is 3.76. The van der Waals surface area contributed by atoms with Gasteiger partial charge in [-0.15, -0.1) is 0 Å². The zero-order valence-corrected chi connectivity index (χ0v) is 18.1. The molecule has 0 atom stereocenters. The lowest BCUT2D eigenvalue weighted by molar-refractivity contribution is -0.137. The monoisotopic (exact) mass is 475 g/mol. The van der Waals surface area contributed by atoms with Gasteiger partial charge in [-0.25, -0.2) is 4.98 Å². The maximum absolute atomic E-state index is 12.7. The first-order valence-electron chi connectivity index (χ1n) is 9.88. The molecule has 3 rings (SSSR count). The van der Waals surface area contributed by atoms with E-state index in [-0.39, 0.29) is 11.9 Å². The van der Waals surface area contributed by atoms with Gasteiger partial charge in [-0.1, -0.05) is 23.2 Å². The second-order valence-electron chi connectivity index (χ2n) is 7.26. The van der Waals surface area contributed by atoms with Crippen molar-refractivity contribution in [3.63, 3.8) is 0 Å². The fraction of sp³-hybridized carbons (Fsp3) is 0.429. The topological polar surface area (TPSA) is 54.5 Å². The Morgan fingerprint density at radius 3 is 2.55 bits per heavy atom. The molecule has 10 heteroatoms. The molecule has 1 aromatic carbocycles. The van der Waals surface area contributed by atoms with Crippen molar-refractivity contribution < 1.29 is 22.7 Å². The molecule has 0 unspecified atom stereocenters. The number of pyridine rings is 1. The van der Waals surface area contributed by atoms with Gasteiger partial charge in [0.2, 0.25) is 5.91 Å². The number of carbonyl (C=O) groups is 1. The van der Waals surface area contributed by atoms with Crippen LogP contribution in [0.2, 0.25) is 10.0 Å². The van der Waals surface area contributed by atoms with Gasteiger partial charge < -0.3 is 15.0 Å². The van der Waals surface area contributed by atoms with E-state index < -0.39 is 11.7 Å². The fourth-order valence-electron chi connectivity index (χ4n) is 3.30. The lowest BCUT2D eigenvalue weighted by Crippen LogP contribution is -2.45. The zero-order valence-electron chi connectivity index (χ0n) is 16.6. The van der Waals surface area contributed by atoms with E-state index >= 15 is 0 Å². The van der Waals surface area contributed by atoms with Crippen LogP contribution in [0.25, 0.3) is 0 Å². The highest BCUT2D eigenvalue weighted by molar-refractivity contribution is 6.35. The summed E-state index contributed by atoms with van der Waals surface area (Å²) in [6.45, 7) is 1.58. The number of rotatable bonds is 7. The van der Waals surface area contributed by atoms with Crippen LogP contribution in [0.15, 0.2) is 36.5 Å². The van der Waals surface area contributed by atoms with Crippen molar-refractivity contribution >= 4 is 34.9 Å². The zero-order chi connectivity index (χ0) is 22.4. The molecule has 1 N–H and O–H groups in total. The molecule has 1 amide bonds. The Labute approximate surface area is 188 Å². The van der Waals surface area contributed by atoms with Gasteiger partial charge in [-0.3, -0.25) is 4.79 Å². The number of ether oxygens (including phenoxy) is 1. The SMILES string of the molecule is O=C(CCCOc1ccc(Cl)cc1Cl)NC1CCN(c2ccc(C(F)(F)F)cn2)CC1. The van der Waals surface area contributed by atoms with Gasteiger partial charge in [-0.05, 0) is 49.6 Å². The van der Waals surface area contributed by atoms with Gasteiger partial charge in [-0.2, -0.15) is 13.2 Å². The summed E-state index contributed by atoms with van der Waals surface area (Å²) < 4.78 is 43.5. The Bertz CT molecular complexity index is 886. The van der Waals surface area contributed by atoms with E-state index in [1.54, 1.807) is 18.2 Å². The molecule has 0 spiro atoms. The van der Waals surface area contributed by atoms with Crippen LogP contribution in [-0.4, -0.2) is 36.6 Å². The summed E-state index contributed by atoms with van der Waals surface area (Å²) >= 11 is 11.9. The van der Waals surface area contributed by atoms with Crippen molar-refractivity contribution in [2.24, 2.45) is 0 Å². The van der Waals surface area contributed by atoms with Crippen LogP contribution in [-0.2, 0) is 11.0 Å². The predicted molar refractivity (Wildman–Crippen MR) is 114 cm³/mol. The van der Waals surface area contributed by atoms with Crippen LogP contribution in [0.3, 0.4) is 0 Å². The van der Waals surface area contributed by atoms with Crippen LogP contribution in [0.1, 0.15) is 31.2 Å². The summed E-state index contributed by atoms with van der Waals surface area (Å²) in [7, 11) is 0. The highest BCUT2D eigenvalue weighted by Crippen LogP contribution is 2.30. The quantitative estimate of drug-likeness (QED) is 0.548. The number of hydrogen-bond acceptors (Lipinski definition) is 4. The number of amides is 1. The highest BCUT2D eigenvalue weighted by atomic mass is 35.5. The molecule has 1 aromatic heterocycles. The molecule has 168 valence electrons. The molecule has 0 saturated carbocycles. The van der Waals surface area contributed by atoms with E-state index in [1.165, 1.54) is 6.07 Å². The molecule has 0 bridgehead atoms. The first-order chi connectivity index (χ1) is 14.7. The van der Waals surface area contributed by atoms with Crippen molar-refractivity contribution in [1.82, 2.24) is 10.3 Å². The molecule has 1 fully saturated rings. The number of aromatic nitrogens is 1. The van der Waals surface area contributed by atoms with Crippen molar-refractivity contribution in [1.29, 1.82) is 0 Å². The number of benzene rings is 1. The van der Waals surface area contributed by atoms with E-state index in [9.17, 15) is 18.0 Å². The van der Waals surface area contributed by atoms with Gasteiger partial charge in [0, 0.05) is 36.8 Å². The normalized spacial score (nSPS) is 15.1. The molecule has 2 heterocycles. The first kappa shape index (κ1) is 23.5. The minimum absolute atomic E-state index is 0.0322. The van der Waals surface area contributed by atoms with E-state index in [2.05, 4.69) is 10.3 Å². The minimum atomic E-state index is -4.39. The maximum Gasteiger partial charge on any atom is 0.417 e. The summed E-state index contributed by atoms with van der Waals surface area (Å²) in [6, 6.07) is 7.42. The van der Waals surface area contributed by atoms with Crippen molar-refractivity contribution in [2.75, 3.05) is 24.6 Å². The number of halogens is 5. The number of carbonyl (C=O) groups excluding carboxylic acids is 1. The summed E-state index contributed by atoms with van der Waals surface area (Å²) in [5, 5.41) is 3.95.